The number of nitrogens with zero attached hydrogens (tertiary/aromatic N) is 2. The highest BCUT2D eigenvalue weighted by Gasteiger charge is 2.20. The molecule has 2 heterocycles. The first-order valence-corrected chi connectivity index (χ1v) is 7.00. The van der Waals surface area contributed by atoms with Crippen molar-refractivity contribution >= 4 is 6.09 Å². The molecule has 1 aromatic carbocycles. The van der Waals surface area contributed by atoms with Crippen LogP contribution in [0.5, 0.6) is 11.8 Å². The Morgan fingerprint density at radius 3 is 2.86 bits per heavy atom. The van der Waals surface area contributed by atoms with Gasteiger partial charge in [-0.25, -0.2) is 4.79 Å². The van der Waals surface area contributed by atoms with Crippen molar-refractivity contribution in [2.75, 3.05) is 13.2 Å². The number of carboxylic acid groups (broad SMARTS) is 1. The van der Waals surface area contributed by atoms with Gasteiger partial charge >= 0.3 is 6.09 Å². The largest absolute Gasteiger partial charge is 0.475 e. The molecule has 22 heavy (non-hydrogen) atoms. The van der Waals surface area contributed by atoms with Gasteiger partial charge in [0, 0.05) is 11.6 Å². The molecule has 114 valence electrons. The highest BCUT2D eigenvalue weighted by Crippen LogP contribution is 2.24. The van der Waals surface area contributed by atoms with Crippen LogP contribution in [0.3, 0.4) is 0 Å². The van der Waals surface area contributed by atoms with Gasteiger partial charge in [-0.3, -0.25) is 0 Å². The summed E-state index contributed by atoms with van der Waals surface area (Å²) in [5.41, 5.74) is 1.80. The maximum atomic E-state index is 11.1. The molecule has 1 aliphatic heterocycles. The van der Waals surface area contributed by atoms with E-state index in [1.165, 1.54) is 4.90 Å². The molecule has 0 fully saturated rings. The van der Waals surface area contributed by atoms with Gasteiger partial charge in [0.05, 0.1) is 13.1 Å². The Hall–Kier alpha value is -2.76. The van der Waals surface area contributed by atoms with Gasteiger partial charge < -0.3 is 19.5 Å². The molecule has 1 N–H and O–H groups in total. The fourth-order valence-electron chi connectivity index (χ4n) is 2.21. The quantitative estimate of drug-likeness (QED) is 0.943. The first-order chi connectivity index (χ1) is 10.7. The van der Waals surface area contributed by atoms with Crippen LogP contribution in [0.25, 0.3) is 0 Å². The molecule has 0 bridgehead atoms. The van der Waals surface area contributed by atoms with Crippen LogP contribution in [0, 0.1) is 0 Å². The third-order valence-electron chi connectivity index (χ3n) is 3.37. The van der Waals surface area contributed by atoms with Crippen molar-refractivity contribution in [3.63, 3.8) is 0 Å². The number of rotatable bonds is 3. The standard InChI is InChI=1S/C16H16N2O4/c19-16(20)18-8-9-21-15-13(10-18)6-7-14(17-15)22-11-12-4-2-1-3-5-12/h1-7H,8-11H2,(H,19,20). The molecule has 0 saturated carbocycles. The van der Waals surface area contributed by atoms with Crippen LogP contribution in [0.2, 0.25) is 0 Å². The smallest absolute Gasteiger partial charge is 0.407 e. The average molecular weight is 300 g/mol. The molecule has 6 nitrogen and oxygen atoms in total. The van der Waals surface area contributed by atoms with Gasteiger partial charge in [0.1, 0.15) is 13.2 Å². The van der Waals surface area contributed by atoms with Gasteiger partial charge in [0.2, 0.25) is 11.8 Å². The lowest BCUT2D eigenvalue weighted by Gasteiger charge is -2.14. The van der Waals surface area contributed by atoms with Crippen LogP contribution >= 0.6 is 0 Å². The van der Waals surface area contributed by atoms with Crippen LogP contribution in [0.4, 0.5) is 4.79 Å². The first kappa shape index (κ1) is 14.2. The normalized spacial score (nSPS) is 13.7. The van der Waals surface area contributed by atoms with Gasteiger partial charge in [-0.2, -0.15) is 4.98 Å². The fourth-order valence-corrected chi connectivity index (χ4v) is 2.21. The SMILES string of the molecule is O=C(O)N1CCOc2nc(OCc3ccccc3)ccc2C1. The van der Waals surface area contributed by atoms with Gasteiger partial charge in [-0.1, -0.05) is 30.3 Å². The molecule has 1 aromatic heterocycles. The molecule has 0 unspecified atom stereocenters. The number of hydrogen-bond acceptors (Lipinski definition) is 4. The van der Waals surface area contributed by atoms with E-state index in [0.29, 0.717) is 24.9 Å². The zero-order valence-corrected chi connectivity index (χ0v) is 11.9. The van der Waals surface area contributed by atoms with E-state index in [0.717, 1.165) is 11.1 Å². The summed E-state index contributed by atoms with van der Waals surface area (Å²) in [4.78, 5) is 16.7. The third kappa shape index (κ3) is 3.28. The minimum atomic E-state index is -0.958. The Morgan fingerprint density at radius 1 is 1.27 bits per heavy atom. The van der Waals surface area contributed by atoms with Crippen molar-refractivity contribution in [1.29, 1.82) is 0 Å². The zero-order valence-electron chi connectivity index (χ0n) is 11.9. The third-order valence-corrected chi connectivity index (χ3v) is 3.37. The van der Waals surface area contributed by atoms with E-state index in [1.54, 1.807) is 12.1 Å². The Bertz CT molecular complexity index is 660. The van der Waals surface area contributed by atoms with Crippen LogP contribution < -0.4 is 9.47 Å². The van der Waals surface area contributed by atoms with E-state index in [4.69, 9.17) is 14.6 Å². The minimum absolute atomic E-state index is 0.274. The number of fused-ring (bicyclic) bond motifs is 1. The molecule has 6 heteroatoms. The molecular weight excluding hydrogens is 284 g/mol. The summed E-state index contributed by atoms with van der Waals surface area (Å²) in [6, 6.07) is 13.3. The van der Waals surface area contributed by atoms with Crippen molar-refractivity contribution < 1.29 is 19.4 Å². The average Bonchev–Trinajstić information content (AvgIpc) is 2.76. The van der Waals surface area contributed by atoms with Crippen molar-refractivity contribution in [3.05, 3.63) is 53.6 Å². The Morgan fingerprint density at radius 2 is 2.09 bits per heavy atom. The van der Waals surface area contributed by atoms with Gasteiger partial charge in [-0.05, 0) is 11.6 Å². The summed E-state index contributed by atoms with van der Waals surface area (Å²) in [5, 5.41) is 9.08. The van der Waals surface area contributed by atoms with Crippen molar-refractivity contribution in [2.45, 2.75) is 13.2 Å². The zero-order chi connectivity index (χ0) is 15.4. The highest BCUT2D eigenvalue weighted by atomic mass is 16.5. The second-order valence-corrected chi connectivity index (χ2v) is 4.94. The number of carbonyl (C=O) groups is 1. The summed E-state index contributed by atoms with van der Waals surface area (Å²) < 4.78 is 11.2. The fraction of sp³-hybridized carbons (Fsp3) is 0.250. The van der Waals surface area contributed by atoms with Crippen molar-refractivity contribution in [3.8, 4) is 11.8 Å². The maximum absolute atomic E-state index is 11.1. The van der Waals surface area contributed by atoms with E-state index in [9.17, 15) is 4.79 Å². The lowest BCUT2D eigenvalue weighted by atomic mass is 10.2. The minimum Gasteiger partial charge on any atom is -0.475 e. The Balaban J connectivity index is 1.71. The van der Waals surface area contributed by atoms with E-state index in [1.807, 2.05) is 30.3 Å². The van der Waals surface area contributed by atoms with Gasteiger partial charge in [-0.15, -0.1) is 0 Å². The van der Waals surface area contributed by atoms with Crippen molar-refractivity contribution in [2.24, 2.45) is 0 Å². The number of amides is 1. The summed E-state index contributed by atoms with van der Waals surface area (Å²) in [5.74, 6) is 0.903. The molecule has 1 amide bonds. The predicted molar refractivity (Wildman–Crippen MR) is 78.9 cm³/mol. The molecule has 0 aliphatic carbocycles. The topological polar surface area (TPSA) is 71.9 Å². The molecule has 2 aromatic rings. The van der Waals surface area contributed by atoms with Gasteiger partial charge in [0.25, 0.3) is 0 Å². The first-order valence-electron chi connectivity index (χ1n) is 7.00. The maximum Gasteiger partial charge on any atom is 0.407 e. The number of benzene rings is 1. The van der Waals surface area contributed by atoms with E-state index < -0.39 is 6.09 Å². The van der Waals surface area contributed by atoms with E-state index in [-0.39, 0.29) is 13.2 Å². The van der Waals surface area contributed by atoms with E-state index in [2.05, 4.69) is 4.98 Å². The van der Waals surface area contributed by atoms with Crippen LogP contribution in [0.1, 0.15) is 11.1 Å². The predicted octanol–water partition coefficient (Wildman–Crippen LogP) is 2.53. The highest BCUT2D eigenvalue weighted by molar-refractivity contribution is 5.65. The van der Waals surface area contributed by atoms with Crippen molar-refractivity contribution in [1.82, 2.24) is 9.88 Å². The Kier molecular flexibility index (Phi) is 4.09. The second-order valence-electron chi connectivity index (χ2n) is 4.94. The number of aromatic nitrogens is 1. The molecule has 0 atom stereocenters. The molecule has 0 radical (unpaired) electrons. The monoisotopic (exact) mass is 300 g/mol. The molecule has 3 rings (SSSR count). The molecule has 1 aliphatic rings. The van der Waals surface area contributed by atoms with Gasteiger partial charge in [0.15, 0.2) is 0 Å². The molecule has 0 saturated heterocycles. The summed E-state index contributed by atoms with van der Waals surface area (Å²) in [6.45, 7) is 1.31. The number of pyridine rings is 1. The summed E-state index contributed by atoms with van der Waals surface area (Å²) in [6.07, 6.45) is -0.958. The molecular formula is C16H16N2O4. The molecule has 0 spiro atoms. The Labute approximate surface area is 127 Å². The van der Waals surface area contributed by atoms with Crippen LogP contribution in [-0.4, -0.2) is 34.2 Å². The van der Waals surface area contributed by atoms with E-state index >= 15 is 0 Å². The summed E-state index contributed by atoms with van der Waals surface area (Å²) >= 11 is 0. The van der Waals surface area contributed by atoms with Crippen LogP contribution in [0.15, 0.2) is 42.5 Å². The lowest BCUT2D eigenvalue weighted by molar-refractivity contribution is 0.137. The lowest BCUT2D eigenvalue weighted by Crippen LogP contribution is -2.30. The second kappa shape index (κ2) is 6.34. The summed E-state index contributed by atoms with van der Waals surface area (Å²) in [7, 11) is 0. The number of hydrogen-bond donors (Lipinski definition) is 1. The number of ether oxygens (including phenoxy) is 2. The van der Waals surface area contributed by atoms with Crippen LogP contribution in [-0.2, 0) is 13.2 Å².